The van der Waals surface area contributed by atoms with Crippen molar-refractivity contribution in [2.24, 2.45) is 5.92 Å². The molecule has 0 radical (unpaired) electrons. The van der Waals surface area contributed by atoms with E-state index in [4.69, 9.17) is 5.11 Å². The lowest BCUT2D eigenvalue weighted by molar-refractivity contribution is -0.130. The van der Waals surface area contributed by atoms with Gasteiger partial charge in [-0.2, -0.15) is 13.2 Å². The van der Waals surface area contributed by atoms with E-state index < -0.39 is 11.0 Å². The van der Waals surface area contributed by atoms with Gasteiger partial charge in [-0.25, -0.2) is 0 Å². The first-order chi connectivity index (χ1) is 6.93. The molecule has 6 heteroatoms. The summed E-state index contributed by atoms with van der Waals surface area (Å²) in [7, 11) is 0. The van der Waals surface area contributed by atoms with Crippen LogP contribution in [0, 0.1) is 5.92 Å². The van der Waals surface area contributed by atoms with Crippen LogP contribution in [-0.2, 0) is 0 Å². The molecule has 1 fully saturated rings. The molecule has 2 nitrogen and oxygen atoms in total. The molecular formula is C9H15BrF3NO. The summed E-state index contributed by atoms with van der Waals surface area (Å²) in [5, 5.41) is 8.72. The Bertz CT molecular complexity index is 200. The van der Waals surface area contributed by atoms with Crippen molar-refractivity contribution in [2.45, 2.75) is 23.8 Å². The SMILES string of the molecule is OCCC1CCN(CC(Br)C(F)(F)F)C1. The molecule has 0 spiro atoms. The third-order valence-electron chi connectivity index (χ3n) is 2.68. The van der Waals surface area contributed by atoms with Crippen molar-refractivity contribution in [3.05, 3.63) is 0 Å². The number of alkyl halides is 4. The summed E-state index contributed by atoms with van der Waals surface area (Å²) in [5.74, 6) is 0.350. The summed E-state index contributed by atoms with van der Waals surface area (Å²) in [6.45, 7) is 1.49. The van der Waals surface area contributed by atoms with Crippen molar-refractivity contribution in [3.63, 3.8) is 0 Å². The largest absolute Gasteiger partial charge is 0.402 e. The van der Waals surface area contributed by atoms with Crippen molar-refractivity contribution < 1.29 is 18.3 Å². The standard InChI is InChI=1S/C9H15BrF3NO/c10-8(9(11,12)13)6-14-3-1-7(5-14)2-4-15/h7-8,15H,1-6H2. The fourth-order valence-electron chi connectivity index (χ4n) is 1.83. The van der Waals surface area contributed by atoms with E-state index in [-0.39, 0.29) is 13.2 Å². The molecular weight excluding hydrogens is 275 g/mol. The van der Waals surface area contributed by atoms with Crippen molar-refractivity contribution in [3.8, 4) is 0 Å². The van der Waals surface area contributed by atoms with E-state index in [2.05, 4.69) is 15.9 Å². The fourth-order valence-corrected chi connectivity index (χ4v) is 2.24. The van der Waals surface area contributed by atoms with Crippen LogP contribution < -0.4 is 0 Å². The number of rotatable bonds is 4. The van der Waals surface area contributed by atoms with Gasteiger partial charge in [-0.15, -0.1) is 0 Å². The van der Waals surface area contributed by atoms with Crippen LogP contribution in [0.5, 0.6) is 0 Å². The van der Waals surface area contributed by atoms with Gasteiger partial charge in [0.05, 0.1) is 0 Å². The highest BCUT2D eigenvalue weighted by molar-refractivity contribution is 9.09. The highest BCUT2D eigenvalue weighted by Gasteiger charge is 2.39. The second-order valence-corrected chi connectivity index (χ2v) is 5.04. The fraction of sp³-hybridized carbons (Fsp3) is 1.00. The molecule has 1 aliphatic heterocycles. The third kappa shape index (κ3) is 4.28. The van der Waals surface area contributed by atoms with Gasteiger partial charge in [0, 0.05) is 19.7 Å². The number of likely N-dealkylation sites (tertiary alicyclic amines) is 1. The van der Waals surface area contributed by atoms with Crippen LogP contribution >= 0.6 is 15.9 Å². The van der Waals surface area contributed by atoms with Gasteiger partial charge in [-0.3, -0.25) is 0 Å². The smallest absolute Gasteiger partial charge is 0.396 e. The monoisotopic (exact) mass is 289 g/mol. The lowest BCUT2D eigenvalue weighted by Crippen LogP contribution is -2.36. The number of halogens is 4. The Morgan fingerprint density at radius 3 is 2.67 bits per heavy atom. The summed E-state index contributed by atoms with van der Waals surface area (Å²) >= 11 is 2.65. The molecule has 1 heterocycles. The van der Waals surface area contributed by atoms with E-state index in [0.29, 0.717) is 25.4 Å². The molecule has 0 saturated carbocycles. The van der Waals surface area contributed by atoms with Crippen LogP contribution in [-0.4, -0.2) is 47.3 Å². The molecule has 0 aromatic carbocycles. The zero-order chi connectivity index (χ0) is 11.5. The van der Waals surface area contributed by atoms with Crippen LogP contribution in [0.1, 0.15) is 12.8 Å². The van der Waals surface area contributed by atoms with Gasteiger partial charge in [0.1, 0.15) is 4.83 Å². The van der Waals surface area contributed by atoms with Crippen LogP contribution in [0.25, 0.3) is 0 Å². The minimum atomic E-state index is -4.17. The predicted molar refractivity (Wildman–Crippen MR) is 55.0 cm³/mol. The van der Waals surface area contributed by atoms with Gasteiger partial charge in [0.2, 0.25) is 0 Å². The quantitative estimate of drug-likeness (QED) is 0.801. The topological polar surface area (TPSA) is 23.5 Å². The molecule has 0 amide bonds. The number of aliphatic hydroxyl groups is 1. The highest BCUT2D eigenvalue weighted by Crippen LogP contribution is 2.29. The second-order valence-electron chi connectivity index (χ2n) is 3.94. The van der Waals surface area contributed by atoms with Crippen molar-refractivity contribution in [2.75, 3.05) is 26.2 Å². The lowest BCUT2D eigenvalue weighted by atomic mass is 10.1. The summed E-state index contributed by atoms with van der Waals surface area (Å²) < 4.78 is 36.7. The Kier molecular flexibility index (Phi) is 4.86. The third-order valence-corrected chi connectivity index (χ3v) is 3.49. The number of hydrogen-bond donors (Lipinski definition) is 1. The first-order valence-corrected chi connectivity index (χ1v) is 5.89. The maximum Gasteiger partial charge on any atom is 0.402 e. The Balaban J connectivity index is 2.30. The molecule has 1 rings (SSSR count). The van der Waals surface area contributed by atoms with Gasteiger partial charge >= 0.3 is 6.18 Å². The molecule has 2 atom stereocenters. The van der Waals surface area contributed by atoms with E-state index >= 15 is 0 Å². The average molecular weight is 290 g/mol. The number of aliphatic hydroxyl groups excluding tert-OH is 1. The van der Waals surface area contributed by atoms with Crippen molar-refractivity contribution in [1.29, 1.82) is 0 Å². The normalized spacial score (nSPS) is 25.8. The summed E-state index contributed by atoms with van der Waals surface area (Å²) in [5.41, 5.74) is 0. The van der Waals surface area contributed by atoms with E-state index in [1.807, 2.05) is 0 Å². The van der Waals surface area contributed by atoms with Gasteiger partial charge in [0.15, 0.2) is 0 Å². The molecule has 90 valence electrons. The van der Waals surface area contributed by atoms with Crippen LogP contribution in [0.3, 0.4) is 0 Å². The number of nitrogens with zero attached hydrogens (tertiary/aromatic N) is 1. The Hall–Kier alpha value is 0.190. The molecule has 0 aliphatic carbocycles. The van der Waals surface area contributed by atoms with Crippen LogP contribution in [0.2, 0.25) is 0 Å². The molecule has 2 unspecified atom stereocenters. The van der Waals surface area contributed by atoms with E-state index in [1.54, 1.807) is 4.90 Å². The van der Waals surface area contributed by atoms with E-state index in [0.717, 1.165) is 6.42 Å². The van der Waals surface area contributed by atoms with Gasteiger partial charge in [0.25, 0.3) is 0 Å². The Morgan fingerprint density at radius 1 is 1.47 bits per heavy atom. The minimum absolute atomic E-state index is 0.00539. The first-order valence-electron chi connectivity index (χ1n) is 4.97. The lowest BCUT2D eigenvalue weighted by Gasteiger charge is -2.21. The molecule has 0 aromatic rings. The number of hydrogen-bond acceptors (Lipinski definition) is 2. The first kappa shape index (κ1) is 13.3. The predicted octanol–water partition coefficient (Wildman–Crippen LogP) is 2.02. The van der Waals surface area contributed by atoms with Gasteiger partial charge < -0.3 is 10.0 Å². The summed E-state index contributed by atoms with van der Waals surface area (Å²) in [6, 6.07) is 0. The Morgan fingerprint density at radius 2 is 2.13 bits per heavy atom. The summed E-state index contributed by atoms with van der Waals surface area (Å²) in [4.78, 5) is 0.352. The maximum absolute atomic E-state index is 12.2. The van der Waals surface area contributed by atoms with E-state index in [1.165, 1.54) is 0 Å². The second kappa shape index (κ2) is 5.50. The molecule has 1 aliphatic rings. The average Bonchev–Trinajstić information content (AvgIpc) is 2.51. The van der Waals surface area contributed by atoms with Crippen LogP contribution in [0.4, 0.5) is 13.2 Å². The zero-order valence-corrected chi connectivity index (χ0v) is 9.89. The molecule has 15 heavy (non-hydrogen) atoms. The Labute approximate surface area is 95.6 Å². The molecule has 1 saturated heterocycles. The molecule has 0 aromatic heterocycles. The molecule has 0 bridgehead atoms. The van der Waals surface area contributed by atoms with E-state index in [9.17, 15) is 13.2 Å². The van der Waals surface area contributed by atoms with Crippen LogP contribution in [0.15, 0.2) is 0 Å². The summed E-state index contributed by atoms with van der Waals surface area (Å²) in [6.07, 6.45) is -2.59. The zero-order valence-electron chi connectivity index (χ0n) is 8.30. The van der Waals surface area contributed by atoms with Gasteiger partial charge in [-0.1, -0.05) is 15.9 Å². The maximum atomic E-state index is 12.2. The highest BCUT2D eigenvalue weighted by atomic mass is 79.9. The van der Waals surface area contributed by atoms with Crippen molar-refractivity contribution in [1.82, 2.24) is 4.90 Å². The minimum Gasteiger partial charge on any atom is -0.396 e. The van der Waals surface area contributed by atoms with Gasteiger partial charge in [-0.05, 0) is 25.3 Å². The van der Waals surface area contributed by atoms with Crippen molar-refractivity contribution >= 4 is 15.9 Å². The molecule has 1 N–H and O–H groups in total.